The molecule has 1 N–H and O–H groups in total. The minimum atomic E-state index is -0.435. The summed E-state index contributed by atoms with van der Waals surface area (Å²) in [5, 5.41) is 4.48. The van der Waals surface area contributed by atoms with E-state index in [1.54, 1.807) is 24.3 Å². The van der Waals surface area contributed by atoms with E-state index in [9.17, 15) is 9.18 Å². The lowest BCUT2D eigenvalue weighted by Gasteiger charge is -1.99. The molecule has 0 aliphatic rings. The highest BCUT2D eigenvalue weighted by Crippen LogP contribution is 2.23. The van der Waals surface area contributed by atoms with Crippen molar-refractivity contribution >= 4 is 23.7 Å². The Bertz CT molecular complexity index is 871. The van der Waals surface area contributed by atoms with Gasteiger partial charge in [0.15, 0.2) is 0 Å². The van der Waals surface area contributed by atoms with Crippen molar-refractivity contribution in [2.75, 3.05) is 0 Å². The molecule has 1 aromatic heterocycles. The molecule has 6 heteroatoms. The Morgan fingerprint density at radius 3 is 2.46 bits per heavy atom. The number of benzene rings is 2. The van der Waals surface area contributed by atoms with E-state index in [4.69, 9.17) is 16.0 Å². The van der Waals surface area contributed by atoms with Gasteiger partial charge in [-0.3, -0.25) is 4.79 Å². The van der Waals surface area contributed by atoms with E-state index in [2.05, 4.69) is 10.5 Å². The molecular weight excluding hydrogens is 331 g/mol. The van der Waals surface area contributed by atoms with Crippen molar-refractivity contribution in [3.05, 3.63) is 82.8 Å². The molecule has 0 spiro atoms. The van der Waals surface area contributed by atoms with Crippen LogP contribution in [-0.2, 0) is 0 Å². The Balaban J connectivity index is 1.64. The van der Waals surface area contributed by atoms with Gasteiger partial charge in [0.05, 0.1) is 6.21 Å². The van der Waals surface area contributed by atoms with E-state index in [-0.39, 0.29) is 0 Å². The van der Waals surface area contributed by atoms with Crippen LogP contribution in [0.5, 0.6) is 0 Å². The van der Waals surface area contributed by atoms with Gasteiger partial charge in [0.2, 0.25) is 0 Å². The molecule has 0 aliphatic heterocycles. The Labute approximate surface area is 142 Å². The van der Waals surface area contributed by atoms with Crippen LogP contribution in [0.25, 0.3) is 11.3 Å². The molecule has 0 aliphatic carbocycles. The molecule has 4 nitrogen and oxygen atoms in total. The molecule has 24 heavy (non-hydrogen) atoms. The van der Waals surface area contributed by atoms with Crippen LogP contribution in [0.1, 0.15) is 16.1 Å². The summed E-state index contributed by atoms with van der Waals surface area (Å²) >= 11 is 5.85. The zero-order valence-electron chi connectivity index (χ0n) is 12.4. The molecule has 3 rings (SSSR count). The third-order valence-electron chi connectivity index (χ3n) is 3.22. The number of amides is 1. The molecule has 0 saturated heterocycles. The van der Waals surface area contributed by atoms with Gasteiger partial charge in [0.1, 0.15) is 17.3 Å². The molecule has 1 amide bonds. The lowest BCUT2D eigenvalue weighted by molar-refractivity contribution is 0.0955. The number of hydrogen-bond acceptors (Lipinski definition) is 3. The highest BCUT2D eigenvalue weighted by molar-refractivity contribution is 6.30. The highest BCUT2D eigenvalue weighted by Gasteiger charge is 2.05. The summed E-state index contributed by atoms with van der Waals surface area (Å²) in [6.07, 6.45) is 1.39. The molecule has 1 heterocycles. The number of halogens is 2. The number of rotatable bonds is 4. The van der Waals surface area contributed by atoms with Crippen molar-refractivity contribution in [2.45, 2.75) is 0 Å². The van der Waals surface area contributed by atoms with Gasteiger partial charge in [-0.2, -0.15) is 5.10 Å². The molecule has 0 atom stereocenters. The third kappa shape index (κ3) is 3.88. The van der Waals surface area contributed by atoms with Crippen LogP contribution in [0.15, 0.2) is 70.2 Å². The molecule has 0 fully saturated rings. The average Bonchev–Trinajstić information content (AvgIpc) is 3.05. The van der Waals surface area contributed by atoms with Crippen LogP contribution < -0.4 is 5.43 Å². The summed E-state index contributed by atoms with van der Waals surface area (Å²) < 4.78 is 18.4. The zero-order valence-corrected chi connectivity index (χ0v) is 13.1. The third-order valence-corrected chi connectivity index (χ3v) is 3.47. The van der Waals surface area contributed by atoms with Gasteiger partial charge in [0, 0.05) is 16.1 Å². The van der Waals surface area contributed by atoms with Gasteiger partial charge in [0.25, 0.3) is 5.91 Å². The first-order valence-corrected chi connectivity index (χ1v) is 7.44. The lowest BCUT2D eigenvalue weighted by atomic mass is 10.2. The monoisotopic (exact) mass is 342 g/mol. The summed E-state index contributed by atoms with van der Waals surface area (Å²) in [4.78, 5) is 11.8. The first-order valence-electron chi connectivity index (χ1n) is 7.06. The molecule has 0 radical (unpaired) electrons. The van der Waals surface area contributed by atoms with Crippen molar-refractivity contribution < 1.29 is 13.6 Å². The Kier molecular flexibility index (Phi) is 4.72. The number of carbonyl (C=O) groups is 1. The highest BCUT2D eigenvalue weighted by atomic mass is 35.5. The van der Waals surface area contributed by atoms with Crippen LogP contribution in [-0.4, -0.2) is 12.1 Å². The normalized spacial score (nSPS) is 10.9. The SMILES string of the molecule is O=C(N/N=C\c1ccc(-c2ccc(Cl)cc2)o1)c1ccc(F)cc1. The quantitative estimate of drug-likeness (QED) is 0.560. The first-order chi connectivity index (χ1) is 11.6. The number of carbonyl (C=O) groups excluding carboxylic acids is 1. The molecular formula is C18H12ClFN2O2. The topological polar surface area (TPSA) is 54.6 Å². The van der Waals surface area contributed by atoms with Crippen molar-refractivity contribution in [2.24, 2.45) is 5.10 Å². The molecule has 3 aromatic rings. The number of hydrogen-bond donors (Lipinski definition) is 1. The van der Waals surface area contributed by atoms with Gasteiger partial charge in [-0.25, -0.2) is 9.82 Å². The van der Waals surface area contributed by atoms with Crippen LogP contribution in [0.2, 0.25) is 5.02 Å². The summed E-state index contributed by atoms with van der Waals surface area (Å²) in [7, 11) is 0. The van der Waals surface area contributed by atoms with Crippen molar-refractivity contribution in [3.8, 4) is 11.3 Å². The predicted molar refractivity (Wildman–Crippen MR) is 90.6 cm³/mol. The molecule has 0 bridgehead atoms. The van der Waals surface area contributed by atoms with E-state index in [0.717, 1.165) is 5.56 Å². The van der Waals surface area contributed by atoms with Gasteiger partial charge < -0.3 is 4.42 Å². The molecule has 120 valence electrons. The summed E-state index contributed by atoms with van der Waals surface area (Å²) in [6, 6.07) is 16.0. The van der Waals surface area contributed by atoms with Gasteiger partial charge in [-0.1, -0.05) is 11.6 Å². The summed E-state index contributed by atoms with van der Waals surface area (Å²) in [6.45, 7) is 0. The van der Waals surface area contributed by atoms with Crippen molar-refractivity contribution in [1.82, 2.24) is 5.43 Å². The largest absolute Gasteiger partial charge is 0.455 e. The van der Waals surface area contributed by atoms with Crippen LogP contribution in [0, 0.1) is 5.82 Å². The standard InChI is InChI=1S/C18H12ClFN2O2/c19-14-5-1-12(2-6-14)17-10-9-16(24-17)11-21-22-18(23)13-3-7-15(20)8-4-13/h1-11H,(H,22,23)/b21-11-. The minimum Gasteiger partial charge on any atom is -0.455 e. The van der Waals surface area contributed by atoms with Gasteiger partial charge in [-0.05, 0) is 60.7 Å². The summed E-state index contributed by atoms with van der Waals surface area (Å²) in [5.74, 6) is 0.313. The average molecular weight is 343 g/mol. The van der Waals surface area contributed by atoms with E-state index in [1.807, 2.05) is 12.1 Å². The fourth-order valence-corrected chi connectivity index (χ4v) is 2.14. The van der Waals surface area contributed by atoms with Crippen molar-refractivity contribution in [3.63, 3.8) is 0 Å². The number of furan rings is 1. The number of nitrogens with zero attached hydrogens (tertiary/aromatic N) is 1. The minimum absolute atomic E-state index is 0.315. The van der Waals surface area contributed by atoms with Crippen molar-refractivity contribution in [1.29, 1.82) is 0 Å². The number of hydrazone groups is 1. The Morgan fingerprint density at radius 1 is 1.04 bits per heavy atom. The zero-order chi connectivity index (χ0) is 16.9. The second kappa shape index (κ2) is 7.10. The second-order valence-electron chi connectivity index (χ2n) is 4.91. The molecule has 0 unspecified atom stereocenters. The Morgan fingerprint density at radius 2 is 1.75 bits per heavy atom. The first kappa shape index (κ1) is 16.0. The van der Waals surface area contributed by atoms with Gasteiger partial charge >= 0.3 is 0 Å². The molecule has 0 saturated carbocycles. The maximum absolute atomic E-state index is 12.8. The fraction of sp³-hybridized carbons (Fsp3) is 0. The maximum Gasteiger partial charge on any atom is 0.271 e. The van der Waals surface area contributed by atoms with E-state index >= 15 is 0 Å². The fourth-order valence-electron chi connectivity index (χ4n) is 2.01. The van der Waals surface area contributed by atoms with Crippen LogP contribution in [0.3, 0.4) is 0 Å². The van der Waals surface area contributed by atoms with Crippen LogP contribution >= 0.6 is 11.6 Å². The smallest absolute Gasteiger partial charge is 0.271 e. The maximum atomic E-state index is 12.8. The van der Waals surface area contributed by atoms with E-state index in [1.165, 1.54) is 30.5 Å². The molecule has 2 aromatic carbocycles. The van der Waals surface area contributed by atoms with Gasteiger partial charge in [-0.15, -0.1) is 0 Å². The predicted octanol–water partition coefficient (Wildman–Crippen LogP) is 4.50. The Hall–Kier alpha value is -2.92. The number of nitrogens with one attached hydrogen (secondary N) is 1. The second-order valence-corrected chi connectivity index (χ2v) is 5.35. The van der Waals surface area contributed by atoms with E-state index < -0.39 is 11.7 Å². The summed E-state index contributed by atoms with van der Waals surface area (Å²) in [5.41, 5.74) is 3.55. The lowest BCUT2D eigenvalue weighted by Crippen LogP contribution is -2.17. The van der Waals surface area contributed by atoms with Crippen LogP contribution in [0.4, 0.5) is 4.39 Å². The van der Waals surface area contributed by atoms with E-state index in [0.29, 0.717) is 22.1 Å².